The average Bonchev–Trinajstić information content (AvgIpc) is 2.49. The van der Waals surface area contributed by atoms with Gasteiger partial charge in [-0.1, -0.05) is 44.7 Å². The fraction of sp³-hybridized carbons (Fsp3) is 0.471. The van der Waals surface area contributed by atoms with Crippen LogP contribution in [0.4, 0.5) is 0 Å². The zero-order chi connectivity index (χ0) is 14.6. The summed E-state index contributed by atoms with van der Waals surface area (Å²) >= 11 is 0. The summed E-state index contributed by atoms with van der Waals surface area (Å²) in [6, 6.07) is 7.68. The van der Waals surface area contributed by atoms with Crippen LogP contribution in [0.1, 0.15) is 44.6 Å². The first kappa shape index (κ1) is 16.3. The first-order valence-corrected chi connectivity index (χ1v) is 7.25. The molecule has 0 aliphatic rings. The normalized spacial score (nSPS) is 10.7. The fourth-order valence-electron chi connectivity index (χ4n) is 1.80. The second-order valence-electron chi connectivity index (χ2n) is 4.69. The third-order valence-corrected chi connectivity index (χ3v) is 3.01. The third-order valence-electron chi connectivity index (χ3n) is 3.01. The summed E-state index contributed by atoms with van der Waals surface area (Å²) < 4.78 is 10.2. The molecule has 0 radical (unpaired) electrons. The van der Waals surface area contributed by atoms with Crippen molar-refractivity contribution in [2.75, 3.05) is 13.7 Å². The highest BCUT2D eigenvalue weighted by Crippen LogP contribution is 2.14. The van der Waals surface area contributed by atoms with Crippen LogP contribution in [0.25, 0.3) is 6.08 Å². The van der Waals surface area contributed by atoms with Crippen molar-refractivity contribution in [3.63, 3.8) is 0 Å². The molecule has 0 atom stereocenters. The molecule has 20 heavy (non-hydrogen) atoms. The maximum atomic E-state index is 11.0. The summed E-state index contributed by atoms with van der Waals surface area (Å²) in [5, 5.41) is 0. The van der Waals surface area contributed by atoms with E-state index in [-0.39, 0.29) is 5.97 Å². The smallest absolute Gasteiger partial charge is 0.330 e. The first-order chi connectivity index (χ1) is 9.76. The maximum Gasteiger partial charge on any atom is 0.330 e. The summed E-state index contributed by atoms with van der Waals surface area (Å²) in [7, 11) is 1.37. The molecule has 0 N–H and O–H groups in total. The van der Waals surface area contributed by atoms with Crippen molar-refractivity contribution in [3.05, 3.63) is 35.9 Å². The predicted octanol–water partition coefficient (Wildman–Crippen LogP) is 4.22. The van der Waals surface area contributed by atoms with Gasteiger partial charge in [0.15, 0.2) is 0 Å². The van der Waals surface area contributed by atoms with Gasteiger partial charge in [0.1, 0.15) is 5.75 Å². The van der Waals surface area contributed by atoms with E-state index in [2.05, 4.69) is 11.7 Å². The maximum absolute atomic E-state index is 11.0. The Labute approximate surface area is 121 Å². The molecule has 0 heterocycles. The van der Waals surface area contributed by atoms with E-state index in [1.165, 1.54) is 38.9 Å². The minimum absolute atomic E-state index is 0.350. The summed E-state index contributed by atoms with van der Waals surface area (Å²) in [4.78, 5) is 11.0. The van der Waals surface area contributed by atoms with E-state index >= 15 is 0 Å². The highest BCUT2D eigenvalue weighted by Gasteiger charge is 1.96. The molecule has 0 fully saturated rings. The Morgan fingerprint density at radius 1 is 1.10 bits per heavy atom. The van der Waals surface area contributed by atoms with Crippen molar-refractivity contribution in [3.8, 4) is 5.75 Å². The van der Waals surface area contributed by atoms with E-state index in [0.717, 1.165) is 24.3 Å². The van der Waals surface area contributed by atoms with Crippen LogP contribution in [-0.4, -0.2) is 19.7 Å². The van der Waals surface area contributed by atoms with E-state index in [9.17, 15) is 4.79 Å². The minimum atomic E-state index is -0.350. The summed E-state index contributed by atoms with van der Waals surface area (Å²) in [6.45, 7) is 2.98. The molecule has 0 aliphatic heterocycles. The molecule has 0 aliphatic carbocycles. The van der Waals surface area contributed by atoms with Gasteiger partial charge in [0.2, 0.25) is 0 Å². The van der Waals surface area contributed by atoms with Crippen LogP contribution in [0.3, 0.4) is 0 Å². The number of unbranched alkanes of at least 4 members (excludes halogenated alkanes) is 4. The van der Waals surface area contributed by atoms with Crippen LogP contribution in [0.5, 0.6) is 5.75 Å². The average molecular weight is 276 g/mol. The molecule has 110 valence electrons. The highest BCUT2D eigenvalue weighted by molar-refractivity contribution is 5.86. The standard InChI is InChI=1S/C17H24O3/c1-3-4-5-6-7-14-20-16-11-8-15(9-12-16)10-13-17(18)19-2/h8-13H,3-7,14H2,1-2H3. The molecule has 0 bridgehead atoms. The van der Waals surface area contributed by atoms with Crippen molar-refractivity contribution >= 4 is 12.0 Å². The van der Waals surface area contributed by atoms with Gasteiger partial charge in [0.05, 0.1) is 13.7 Å². The van der Waals surface area contributed by atoms with Gasteiger partial charge >= 0.3 is 5.97 Å². The van der Waals surface area contributed by atoms with Crippen molar-refractivity contribution in [1.29, 1.82) is 0 Å². The molecule has 1 rings (SSSR count). The van der Waals surface area contributed by atoms with Crippen LogP contribution in [0.15, 0.2) is 30.3 Å². The van der Waals surface area contributed by atoms with E-state index in [0.29, 0.717) is 0 Å². The van der Waals surface area contributed by atoms with E-state index in [1.54, 1.807) is 6.08 Å². The number of benzene rings is 1. The number of carbonyl (C=O) groups is 1. The summed E-state index contributed by atoms with van der Waals surface area (Å²) in [6.07, 6.45) is 9.32. The molecule has 3 heteroatoms. The number of rotatable bonds is 9. The van der Waals surface area contributed by atoms with Gasteiger partial charge in [-0.3, -0.25) is 0 Å². The van der Waals surface area contributed by atoms with Crippen molar-refractivity contribution < 1.29 is 14.3 Å². The zero-order valence-electron chi connectivity index (χ0n) is 12.4. The Kier molecular flexibility index (Phi) is 8.20. The van der Waals surface area contributed by atoms with E-state index in [4.69, 9.17) is 4.74 Å². The summed E-state index contributed by atoms with van der Waals surface area (Å²) in [5.41, 5.74) is 0.950. The lowest BCUT2D eigenvalue weighted by Gasteiger charge is -2.06. The number of methoxy groups -OCH3 is 1. The zero-order valence-corrected chi connectivity index (χ0v) is 12.4. The van der Waals surface area contributed by atoms with E-state index < -0.39 is 0 Å². The van der Waals surface area contributed by atoms with Gasteiger partial charge in [-0.05, 0) is 30.2 Å². The molecule has 0 saturated carbocycles. The SMILES string of the molecule is CCCCCCCOc1ccc(C=CC(=O)OC)cc1. The Balaban J connectivity index is 2.28. The highest BCUT2D eigenvalue weighted by atomic mass is 16.5. The predicted molar refractivity (Wildman–Crippen MR) is 81.7 cm³/mol. The van der Waals surface area contributed by atoms with Gasteiger partial charge in [-0.15, -0.1) is 0 Å². The Morgan fingerprint density at radius 2 is 1.80 bits per heavy atom. The lowest BCUT2D eigenvalue weighted by atomic mass is 10.2. The molecular weight excluding hydrogens is 252 g/mol. The molecule has 1 aromatic rings. The van der Waals surface area contributed by atoms with Gasteiger partial charge in [-0.2, -0.15) is 0 Å². The topological polar surface area (TPSA) is 35.5 Å². The van der Waals surface area contributed by atoms with Crippen molar-refractivity contribution in [2.24, 2.45) is 0 Å². The van der Waals surface area contributed by atoms with Crippen LogP contribution in [-0.2, 0) is 9.53 Å². The molecule has 3 nitrogen and oxygen atoms in total. The quantitative estimate of drug-likeness (QED) is 0.385. The molecule has 0 saturated heterocycles. The monoisotopic (exact) mass is 276 g/mol. The number of carbonyl (C=O) groups excluding carboxylic acids is 1. The third kappa shape index (κ3) is 6.98. The Hall–Kier alpha value is -1.77. The van der Waals surface area contributed by atoms with Crippen LogP contribution < -0.4 is 4.74 Å². The minimum Gasteiger partial charge on any atom is -0.494 e. The van der Waals surface area contributed by atoms with Gasteiger partial charge < -0.3 is 9.47 Å². The summed E-state index contributed by atoms with van der Waals surface area (Å²) in [5.74, 6) is 0.521. The largest absolute Gasteiger partial charge is 0.494 e. The van der Waals surface area contributed by atoms with Gasteiger partial charge in [0.25, 0.3) is 0 Å². The van der Waals surface area contributed by atoms with Crippen molar-refractivity contribution in [1.82, 2.24) is 0 Å². The Morgan fingerprint density at radius 3 is 2.45 bits per heavy atom. The molecule has 0 unspecified atom stereocenters. The van der Waals surface area contributed by atoms with E-state index in [1.807, 2.05) is 24.3 Å². The molecule has 1 aromatic carbocycles. The Bertz CT molecular complexity index is 407. The number of esters is 1. The second-order valence-corrected chi connectivity index (χ2v) is 4.69. The number of ether oxygens (including phenoxy) is 2. The van der Waals surface area contributed by atoms with Gasteiger partial charge in [0, 0.05) is 6.08 Å². The van der Waals surface area contributed by atoms with Gasteiger partial charge in [-0.25, -0.2) is 4.79 Å². The molecular formula is C17H24O3. The fourth-order valence-corrected chi connectivity index (χ4v) is 1.80. The van der Waals surface area contributed by atoms with Crippen LogP contribution >= 0.6 is 0 Å². The number of hydrogen-bond donors (Lipinski definition) is 0. The first-order valence-electron chi connectivity index (χ1n) is 7.25. The van der Waals surface area contributed by atoms with Crippen molar-refractivity contribution in [2.45, 2.75) is 39.0 Å². The number of hydrogen-bond acceptors (Lipinski definition) is 3. The lowest BCUT2D eigenvalue weighted by Crippen LogP contribution is -1.97. The van der Waals surface area contributed by atoms with Crippen LogP contribution in [0, 0.1) is 0 Å². The van der Waals surface area contributed by atoms with Crippen LogP contribution in [0.2, 0.25) is 0 Å². The molecule has 0 aromatic heterocycles. The second kappa shape index (κ2) is 10.1. The molecule has 0 amide bonds. The molecule has 0 spiro atoms. The lowest BCUT2D eigenvalue weighted by molar-refractivity contribution is -0.134.